The summed E-state index contributed by atoms with van der Waals surface area (Å²) in [7, 11) is 0. The Balaban J connectivity index is 1.32. The maximum absolute atomic E-state index is 13.1. The standard InChI is InChI=1S/C23H23N3O4S/c27-21(15-31-23-24-16-8-2-4-10-18(16)30-23)26-14-20(22(28)25-12-6-1-7-13-25)29-19-11-5-3-9-17(19)26/h2-5,8-11,20H,1,6-7,12-15H2. The number of nitrogens with zero attached hydrogens (tertiary/aromatic N) is 3. The van der Waals surface area contributed by atoms with Gasteiger partial charge in [-0.3, -0.25) is 9.59 Å². The minimum absolute atomic E-state index is 0.0430. The molecular formula is C23H23N3O4S. The molecule has 5 rings (SSSR count). The van der Waals surface area contributed by atoms with Crippen LogP contribution in [0.25, 0.3) is 11.1 Å². The van der Waals surface area contributed by atoms with E-state index in [-0.39, 0.29) is 24.1 Å². The topological polar surface area (TPSA) is 75.9 Å². The number of amides is 2. The van der Waals surface area contributed by atoms with Crippen molar-refractivity contribution in [3.05, 3.63) is 48.5 Å². The number of aromatic nitrogens is 1. The molecule has 31 heavy (non-hydrogen) atoms. The molecule has 160 valence electrons. The van der Waals surface area contributed by atoms with Gasteiger partial charge in [-0.2, -0.15) is 0 Å². The third-order valence-electron chi connectivity index (χ3n) is 5.61. The van der Waals surface area contributed by atoms with Crippen LogP contribution in [0.15, 0.2) is 58.2 Å². The summed E-state index contributed by atoms with van der Waals surface area (Å²) in [6.07, 6.45) is 2.49. The van der Waals surface area contributed by atoms with Gasteiger partial charge in [0, 0.05) is 13.1 Å². The van der Waals surface area contributed by atoms with Crippen LogP contribution in [0.3, 0.4) is 0 Å². The van der Waals surface area contributed by atoms with Crippen LogP contribution < -0.4 is 9.64 Å². The number of rotatable bonds is 4. The summed E-state index contributed by atoms with van der Waals surface area (Å²) >= 11 is 1.26. The minimum Gasteiger partial charge on any atom is -0.476 e. The zero-order valence-corrected chi connectivity index (χ0v) is 17.8. The molecule has 2 amide bonds. The summed E-state index contributed by atoms with van der Waals surface area (Å²) in [5.41, 5.74) is 2.15. The Kier molecular flexibility index (Phi) is 5.55. The Morgan fingerprint density at radius 2 is 1.81 bits per heavy atom. The molecule has 0 saturated carbocycles. The predicted molar refractivity (Wildman–Crippen MR) is 118 cm³/mol. The van der Waals surface area contributed by atoms with Gasteiger partial charge in [0.1, 0.15) is 11.3 Å². The smallest absolute Gasteiger partial charge is 0.265 e. The molecular weight excluding hydrogens is 414 g/mol. The number of hydrogen-bond donors (Lipinski definition) is 0. The molecule has 1 fully saturated rings. The summed E-state index contributed by atoms with van der Waals surface area (Å²) in [4.78, 5) is 34.1. The summed E-state index contributed by atoms with van der Waals surface area (Å²) in [5, 5.41) is 0.456. The largest absolute Gasteiger partial charge is 0.476 e. The van der Waals surface area contributed by atoms with Crippen LogP contribution in [0.1, 0.15) is 19.3 Å². The van der Waals surface area contributed by atoms with Crippen molar-refractivity contribution >= 4 is 40.4 Å². The van der Waals surface area contributed by atoms with Crippen molar-refractivity contribution in [1.82, 2.24) is 9.88 Å². The van der Waals surface area contributed by atoms with E-state index in [0.29, 0.717) is 22.2 Å². The minimum atomic E-state index is -0.689. The Morgan fingerprint density at radius 3 is 2.65 bits per heavy atom. The van der Waals surface area contributed by atoms with Gasteiger partial charge in [0.25, 0.3) is 11.1 Å². The number of anilines is 1. The van der Waals surface area contributed by atoms with Crippen LogP contribution in [0, 0.1) is 0 Å². The molecule has 0 radical (unpaired) electrons. The molecule has 0 aliphatic carbocycles. The Labute approximate surface area is 184 Å². The van der Waals surface area contributed by atoms with Gasteiger partial charge in [-0.25, -0.2) is 4.98 Å². The third kappa shape index (κ3) is 4.12. The quantitative estimate of drug-likeness (QED) is 0.579. The molecule has 1 saturated heterocycles. The molecule has 7 nitrogen and oxygen atoms in total. The molecule has 0 bridgehead atoms. The van der Waals surface area contributed by atoms with Gasteiger partial charge < -0.3 is 19.0 Å². The predicted octanol–water partition coefficient (Wildman–Crippen LogP) is 3.73. The maximum atomic E-state index is 13.1. The molecule has 0 N–H and O–H groups in total. The molecule has 3 heterocycles. The van der Waals surface area contributed by atoms with Crippen molar-refractivity contribution in [3.63, 3.8) is 0 Å². The monoisotopic (exact) mass is 437 g/mol. The molecule has 2 aromatic carbocycles. The van der Waals surface area contributed by atoms with E-state index in [2.05, 4.69) is 4.98 Å². The summed E-state index contributed by atoms with van der Waals surface area (Å²) in [5.74, 6) is 0.563. The lowest BCUT2D eigenvalue weighted by molar-refractivity contribution is -0.139. The number of benzene rings is 2. The lowest BCUT2D eigenvalue weighted by atomic mass is 10.1. The number of piperidine rings is 1. The first kappa shape index (κ1) is 19.9. The van der Waals surface area contributed by atoms with E-state index in [9.17, 15) is 9.59 Å². The van der Waals surface area contributed by atoms with Gasteiger partial charge in [0.2, 0.25) is 5.91 Å². The van der Waals surface area contributed by atoms with Crippen LogP contribution in [-0.4, -0.2) is 53.2 Å². The lowest BCUT2D eigenvalue weighted by Gasteiger charge is -2.37. The highest BCUT2D eigenvalue weighted by atomic mass is 32.2. The van der Waals surface area contributed by atoms with Crippen molar-refractivity contribution in [3.8, 4) is 5.75 Å². The van der Waals surface area contributed by atoms with Crippen LogP contribution in [-0.2, 0) is 9.59 Å². The van der Waals surface area contributed by atoms with Gasteiger partial charge in [0.15, 0.2) is 11.7 Å². The number of thioether (sulfide) groups is 1. The highest BCUT2D eigenvalue weighted by Gasteiger charge is 2.36. The van der Waals surface area contributed by atoms with E-state index >= 15 is 0 Å². The second-order valence-corrected chi connectivity index (χ2v) is 8.63. The second kappa shape index (κ2) is 8.63. The van der Waals surface area contributed by atoms with Crippen molar-refractivity contribution < 1.29 is 18.7 Å². The normalized spacial score (nSPS) is 18.5. The van der Waals surface area contributed by atoms with Gasteiger partial charge in [-0.15, -0.1) is 0 Å². The highest BCUT2D eigenvalue weighted by Crippen LogP contribution is 2.34. The average Bonchev–Trinajstić information content (AvgIpc) is 3.25. The number of para-hydroxylation sites is 4. The Hall–Kier alpha value is -3.00. The molecule has 2 aliphatic rings. The van der Waals surface area contributed by atoms with Crippen LogP contribution in [0.4, 0.5) is 5.69 Å². The zero-order valence-electron chi connectivity index (χ0n) is 17.0. The molecule has 1 unspecified atom stereocenters. The molecule has 3 aromatic rings. The summed E-state index contributed by atoms with van der Waals surface area (Å²) in [6.45, 7) is 1.71. The fourth-order valence-corrected chi connectivity index (χ4v) is 4.75. The SMILES string of the molecule is O=C(C1CN(C(=O)CSc2nc3ccccc3o2)c2ccccc2O1)N1CCCCC1. The van der Waals surface area contributed by atoms with E-state index in [1.807, 2.05) is 47.4 Å². The first-order valence-corrected chi connectivity index (χ1v) is 11.5. The first-order chi connectivity index (χ1) is 15.2. The van der Waals surface area contributed by atoms with E-state index in [4.69, 9.17) is 9.15 Å². The number of hydrogen-bond acceptors (Lipinski definition) is 6. The zero-order chi connectivity index (χ0) is 21.2. The average molecular weight is 438 g/mol. The van der Waals surface area contributed by atoms with Gasteiger partial charge >= 0.3 is 0 Å². The maximum Gasteiger partial charge on any atom is 0.265 e. The number of carbonyl (C=O) groups excluding carboxylic acids is 2. The van der Waals surface area contributed by atoms with Gasteiger partial charge in [-0.1, -0.05) is 36.0 Å². The van der Waals surface area contributed by atoms with Crippen LogP contribution >= 0.6 is 11.8 Å². The summed E-state index contributed by atoms with van der Waals surface area (Å²) < 4.78 is 11.7. The molecule has 1 aromatic heterocycles. The van der Waals surface area contributed by atoms with E-state index < -0.39 is 6.10 Å². The molecule has 8 heteroatoms. The number of ether oxygens (including phenoxy) is 1. The van der Waals surface area contributed by atoms with Crippen molar-refractivity contribution in [2.75, 3.05) is 30.3 Å². The number of fused-ring (bicyclic) bond motifs is 2. The number of likely N-dealkylation sites (tertiary alicyclic amines) is 1. The van der Waals surface area contributed by atoms with Crippen molar-refractivity contribution in [1.29, 1.82) is 0 Å². The summed E-state index contributed by atoms with van der Waals surface area (Å²) in [6, 6.07) is 14.9. The van der Waals surface area contributed by atoms with E-state index in [1.54, 1.807) is 11.0 Å². The fraction of sp³-hybridized carbons (Fsp3) is 0.348. The molecule has 0 spiro atoms. The van der Waals surface area contributed by atoms with Crippen LogP contribution in [0.2, 0.25) is 0 Å². The number of oxazole rings is 1. The van der Waals surface area contributed by atoms with E-state index in [0.717, 1.165) is 37.9 Å². The second-order valence-electron chi connectivity index (χ2n) is 7.70. The third-order valence-corrected chi connectivity index (χ3v) is 6.42. The lowest BCUT2D eigenvalue weighted by Crippen LogP contribution is -2.53. The van der Waals surface area contributed by atoms with Crippen molar-refractivity contribution in [2.24, 2.45) is 0 Å². The van der Waals surface area contributed by atoms with Gasteiger partial charge in [0.05, 0.1) is 18.0 Å². The highest BCUT2D eigenvalue weighted by molar-refractivity contribution is 7.99. The first-order valence-electron chi connectivity index (χ1n) is 10.5. The fourth-order valence-electron chi connectivity index (χ4n) is 4.03. The Bertz CT molecular complexity index is 1080. The number of carbonyl (C=O) groups is 2. The van der Waals surface area contributed by atoms with Gasteiger partial charge in [-0.05, 0) is 43.5 Å². The Morgan fingerprint density at radius 1 is 1.03 bits per heavy atom. The van der Waals surface area contributed by atoms with Crippen molar-refractivity contribution in [2.45, 2.75) is 30.6 Å². The van der Waals surface area contributed by atoms with E-state index in [1.165, 1.54) is 11.8 Å². The molecule has 2 aliphatic heterocycles. The molecule has 1 atom stereocenters. The van der Waals surface area contributed by atoms with Crippen LogP contribution in [0.5, 0.6) is 5.75 Å².